The van der Waals surface area contributed by atoms with E-state index in [0.717, 1.165) is 22.3 Å². The summed E-state index contributed by atoms with van der Waals surface area (Å²) < 4.78 is 10.6. The van der Waals surface area contributed by atoms with Crippen LogP contribution in [0.15, 0.2) is 42.2 Å². The molecule has 1 saturated heterocycles. The number of H-pyrrole nitrogens is 1. The number of aromatic nitrogens is 2. The number of methoxy groups -OCH3 is 1. The molecule has 0 radical (unpaired) electrons. The molecule has 0 spiro atoms. The minimum Gasteiger partial charge on any atom is -0.499 e. The maximum atomic E-state index is 13.1. The highest BCUT2D eigenvalue weighted by Gasteiger charge is 2.23. The lowest BCUT2D eigenvalue weighted by atomic mass is 10.1. The van der Waals surface area contributed by atoms with Crippen LogP contribution in [0.4, 0.5) is 5.69 Å². The van der Waals surface area contributed by atoms with Crippen LogP contribution in [0.1, 0.15) is 28.7 Å². The molecular formula is C23H23ClN4O4. The summed E-state index contributed by atoms with van der Waals surface area (Å²) in [5, 5.41) is 3.48. The van der Waals surface area contributed by atoms with E-state index in [1.165, 1.54) is 7.11 Å². The van der Waals surface area contributed by atoms with Gasteiger partial charge in [-0.05, 0) is 55.8 Å². The van der Waals surface area contributed by atoms with Gasteiger partial charge in [-0.3, -0.25) is 9.59 Å². The normalized spacial score (nSPS) is 15.0. The smallest absolute Gasteiger partial charge is 0.255 e. The Hall–Kier alpha value is -3.36. The number of carbonyl (C=O) groups is 2. The largest absolute Gasteiger partial charge is 0.499 e. The summed E-state index contributed by atoms with van der Waals surface area (Å²) in [7, 11) is 1.53. The van der Waals surface area contributed by atoms with Gasteiger partial charge in [0.1, 0.15) is 18.1 Å². The van der Waals surface area contributed by atoms with Crippen molar-refractivity contribution in [1.82, 2.24) is 15.3 Å². The quantitative estimate of drug-likeness (QED) is 0.573. The first kappa shape index (κ1) is 21.9. The number of imidazole rings is 1. The molecule has 1 aliphatic heterocycles. The molecule has 2 N–H and O–H groups in total. The molecule has 1 aromatic heterocycles. The third kappa shape index (κ3) is 4.32. The number of halogens is 1. The van der Waals surface area contributed by atoms with Gasteiger partial charge in [-0.2, -0.15) is 0 Å². The van der Waals surface area contributed by atoms with Gasteiger partial charge in [-0.1, -0.05) is 11.6 Å². The summed E-state index contributed by atoms with van der Waals surface area (Å²) >= 11 is 6.07. The number of nitrogens with one attached hydrogen (secondary N) is 2. The zero-order chi connectivity index (χ0) is 22.8. The van der Waals surface area contributed by atoms with Crippen LogP contribution in [0.2, 0.25) is 5.02 Å². The molecule has 0 unspecified atom stereocenters. The molecule has 0 aliphatic carbocycles. The van der Waals surface area contributed by atoms with Crippen LogP contribution in [0.3, 0.4) is 0 Å². The number of allylic oxidation sites excluding steroid dienone is 1. The number of hydrogen-bond acceptors (Lipinski definition) is 5. The van der Waals surface area contributed by atoms with Crippen LogP contribution in [-0.2, 0) is 14.3 Å². The molecule has 2 aromatic carbocycles. The van der Waals surface area contributed by atoms with E-state index in [0.29, 0.717) is 41.0 Å². The lowest BCUT2D eigenvalue weighted by Gasteiger charge is -2.28. The van der Waals surface area contributed by atoms with Crippen LogP contribution >= 0.6 is 11.6 Å². The first-order chi connectivity index (χ1) is 15.4. The van der Waals surface area contributed by atoms with Crippen molar-refractivity contribution in [2.45, 2.75) is 13.8 Å². The standard InChI is InChI=1S/C23H23ClN4O4/c1-13-10-15(4-7-19(13)28-8-9-32-12-20(28)29)23(30)27-21(14(2)31-3)22-25-17-6-5-16(24)11-18(17)26-22/h4-7,10-11H,8-9,12H2,1-3H3,(H,25,26)(H,27,30)/b21-14+. The van der Waals surface area contributed by atoms with Crippen LogP contribution in [0.5, 0.6) is 0 Å². The maximum absolute atomic E-state index is 13.1. The summed E-state index contributed by atoms with van der Waals surface area (Å²) in [5.41, 5.74) is 3.93. The Balaban J connectivity index is 1.61. The number of morpholine rings is 1. The first-order valence-corrected chi connectivity index (χ1v) is 10.5. The van der Waals surface area contributed by atoms with Crippen molar-refractivity contribution < 1.29 is 19.1 Å². The second kappa shape index (κ2) is 9.02. The van der Waals surface area contributed by atoms with E-state index in [4.69, 9.17) is 21.1 Å². The van der Waals surface area contributed by atoms with Gasteiger partial charge >= 0.3 is 0 Å². The van der Waals surface area contributed by atoms with Crippen molar-refractivity contribution in [3.8, 4) is 0 Å². The number of fused-ring (bicyclic) bond motifs is 1. The van der Waals surface area contributed by atoms with E-state index in [9.17, 15) is 9.59 Å². The number of carbonyl (C=O) groups excluding carboxylic acids is 2. The summed E-state index contributed by atoms with van der Waals surface area (Å²) in [6.07, 6.45) is 0. The topological polar surface area (TPSA) is 96.6 Å². The molecule has 32 heavy (non-hydrogen) atoms. The van der Waals surface area contributed by atoms with Crippen molar-refractivity contribution >= 4 is 45.8 Å². The molecule has 0 atom stereocenters. The molecule has 2 amide bonds. The van der Waals surface area contributed by atoms with Crippen LogP contribution in [0, 0.1) is 6.92 Å². The zero-order valence-electron chi connectivity index (χ0n) is 18.0. The number of aromatic amines is 1. The Morgan fingerprint density at radius 1 is 1.28 bits per heavy atom. The molecule has 0 bridgehead atoms. The number of benzene rings is 2. The molecule has 3 aromatic rings. The Bertz CT molecular complexity index is 1230. The number of amides is 2. The Labute approximate surface area is 190 Å². The zero-order valence-corrected chi connectivity index (χ0v) is 18.7. The molecule has 1 aliphatic rings. The van der Waals surface area contributed by atoms with Gasteiger partial charge in [0.2, 0.25) is 0 Å². The summed E-state index contributed by atoms with van der Waals surface area (Å²) in [5.74, 6) is 0.540. The second-order valence-electron chi connectivity index (χ2n) is 7.44. The minimum absolute atomic E-state index is 0.0643. The minimum atomic E-state index is -0.321. The fourth-order valence-electron chi connectivity index (χ4n) is 3.57. The molecule has 1 fully saturated rings. The van der Waals surface area contributed by atoms with E-state index in [-0.39, 0.29) is 18.4 Å². The van der Waals surface area contributed by atoms with E-state index in [1.54, 1.807) is 48.2 Å². The summed E-state index contributed by atoms with van der Waals surface area (Å²) in [6, 6.07) is 10.6. The fraction of sp³-hybridized carbons (Fsp3) is 0.261. The van der Waals surface area contributed by atoms with Crippen molar-refractivity contribution in [2.75, 3.05) is 31.8 Å². The number of anilines is 1. The Morgan fingerprint density at radius 2 is 2.09 bits per heavy atom. The van der Waals surface area contributed by atoms with Crippen molar-refractivity contribution in [2.24, 2.45) is 0 Å². The lowest BCUT2D eigenvalue weighted by Crippen LogP contribution is -2.42. The van der Waals surface area contributed by atoms with Crippen LogP contribution in [-0.4, -0.2) is 48.7 Å². The number of hydrogen-bond donors (Lipinski definition) is 2. The van der Waals surface area contributed by atoms with Crippen LogP contribution in [0.25, 0.3) is 16.7 Å². The third-order valence-electron chi connectivity index (χ3n) is 5.31. The molecule has 0 saturated carbocycles. The lowest BCUT2D eigenvalue weighted by molar-refractivity contribution is -0.125. The molecular weight excluding hydrogens is 432 g/mol. The van der Waals surface area contributed by atoms with Gasteiger partial charge in [0, 0.05) is 22.8 Å². The van der Waals surface area contributed by atoms with Crippen molar-refractivity contribution in [3.63, 3.8) is 0 Å². The van der Waals surface area contributed by atoms with Gasteiger partial charge in [-0.25, -0.2) is 4.98 Å². The number of aryl methyl sites for hydroxylation is 1. The first-order valence-electron chi connectivity index (χ1n) is 10.1. The fourth-order valence-corrected chi connectivity index (χ4v) is 3.75. The molecule has 8 nitrogen and oxygen atoms in total. The Morgan fingerprint density at radius 3 is 2.81 bits per heavy atom. The molecule has 4 rings (SSSR count). The SMILES string of the molecule is CO/C(C)=C(/NC(=O)c1ccc(N2CCOCC2=O)c(C)c1)c1nc2ccc(Cl)cc2[nH]1. The highest BCUT2D eigenvalue weighted by Crippen LogP contribution is 2.25. The van der Waals surface area contributed by atoms with E-state index < -0.39 is 0 Å². The number of ether oxygens (including phenoxy) is 2. The molecule has 9 heteroatoms. The summed E-state index contributed by atoms with van der Waals surface area (Å²) in [6.45, 7) is 4.65. The van der Waals surface area contributed by atoms with Gasteiger partial charge < -0.3 is 24.7 Å². The maximum Gasteiger partial charge on any atom is 0.255 e. The second-order valence-corrected chi connectivity index (χ2v) is 7.87. The predicted octanol–water partition coefficient (Wildman–Crippen LogP) is 3.65. The van der Waals surface area contributed by atoms with E-state index >= 15 is 0 Å². The average Bonchev–Trinajstić information content (AvgIpc) is 3.20. The third-order valence-corrected chi connectivity index (χ3v) is 5.55. The van der Waals surface area contributed by atoms with E-state index in [1.807, 2.05) is 6.92 Å². The average molecular weight is 455 g/mol. The van der Waals surface area contributed by atoms with E-state index in [2.05, 4.69) is 15.3 Å². The number of nitrogens with zero attached hydrogens (tertiary/aromatic N) is 2. The predicted molar refractivity (Wildman–Crippen MR) is 123 cm³/mol. The van der Waals surface area contributed by atoms with Crippen molar-refractivity contribution in [1.29, 1.82) is 0 Å². The highest BCUT2D eigenvalue weighted by molar-refractivity contribution is 6.31. The van der Waals surface area contributed by atoms with Gasteiger partial charge in [-0.15, -0.1) is 0 Å². The molecule has 166 valence electrons. The number of rotatable bonds is 5. The monoisotopic (exact) mass is 454 g/mol. The summed E-state index contributed by atoms with van der Waals surface area (Å²) in [4.78, 5) is 34.6. The van der Waals surface area contributed by atoms with Crippen molar-refractivity contribution in [3.05, 3.63) is 64.1 Å². The Kier molecular flexibility index (Phi) is 6.16. The molecule has 2 heterocycles. The highest BCUT2D eigenvalue weighted by atomic mass is 35.5. The van der Waals surface area contributed by atoms with Crippen LogP contribution < -0.4 is 10.2 Å². The van der Waals surface area contributed by atoms with Gasteiger partial charge in [0.05, 0.1) is 24.8 Å². The van der Waals surface area contributed by atoms with Gasteiger partial charge in [0.15, 0.2) is 5.82 Å². The van der Waals surface area contributed by atoms with Gasteiger partial charge in [0.25, 0.3) is 11.8 Å².